The van der Waals surface area contributed by atoms with Gasteiger partial charge in [0, 0.05) is 25.1 Å². The van der Waals surface area contributed by atoms with Crippen LogP contribution in [-0.4, -0.2) is 32.1 Å². The van der Waals surface area contributed by atoms with Gasteiger partial charge in [-0.15, -0.1) is 0 Å². The Balaban J connectivity index is 1.73. The summed E-state index contributed by atoms with van der Waals surface area (Å²) in [7, 11) is 0.232. The number of hydrogen-bond donors (Lipinski definition) is 1. The zero-order valence-corrected chi connectivity index (χ0v) is 21.1. The first-order valence-electron chi connectivity index (χ1n) is 11.8. The summed E-state index contributed by atoms with van der Waals surface area (Å²) in [5.41, 5.74) is 1.50. The highest BCUT2D eigenvalue weighted by atomic mass is 31.2. The van der Waals surface area contributed by atoms with Crippen LogP contribution in [0.5, 0.6) is 11.5 Å². The Bertz CT molecular complexity index is 1010. The predicted octanol–water partition coefficient (Wildman–Crippen LogP) is 5.55. The van der Waals surface area contributed by atoms with Crippen LogP contribution in [0, 0.1) is 17.8 Å². The molecule has 1 aliphatic carbocycles. The maximum Gasteiger partial charge on any atom is 0.264 e. The Kier molecular flexibility index (Phi) is 7.09. The number of aliphatic hydroxyl groups excluding tert-OH is 1. The number of ether oxygens (including phenoxy) is 2. The van der Waals surface area contributed by atoms with Crippen molar-refractivity contribution < 1.29 is 23.7 Å². The fraction of sp³-hybridized carbons (Fsp3) is 0.538. The van der Waals surface area contributed by atoms with E-state index >= 15 is 0 Å². The minimum Gasteiger partial charge on any atom is -0.454 e. The lowest BCUT2D eigenvalue weighted by molar-refractivity contribution is 0.0427. The summed E-state index contributed by atoms with van der Waals surface area (Å²) in [4.78, 5) is 1.99. The summed E-state index contributed by atoms with van der Waals surface area (Å²) in [6.45, 7) is 6.76. The van der Waals surface area contributed by atoms with E-state index in [1.165, 1.54) is 0 Å². The first-order chi connectivity index (χ1) is 15.7. The van der Waals surface area contributed by atoms with E-state index in [1.54, 1.807) is 18.2 Å². The molecule has 0 aromatic heterocycles. The minimum atomic E-state index is -3.69. The molecule has 0 unspecified atom stereocenters. The lowest BCUT2D eigenvalue weighted by Gasteiger charge is -2.40. The molecular formula is C26H36NO5P. The van der Waals surface area contributed by atoms with Gasteiger partial charge in [-0.3, -0.25) is 4.57 Å². The van der Waals surface area contributed by atoms with Crippen LogP contribution < -0.4 is 19.7 Å². The van der Waals surface area contributed by atoms with Crippen LogP contribution in [0.3, 0.4) is 0 Å². The second-order valence-electron chi connectivity index (χ2n) is 9.96. The standard InChI is InChI=1S/C26H36NO5P/c1-17(2)22-12-6-18(3)14-24(22)32-33(29,21-10-8-20(9-11-21)27(4)5)26(28)19-7-13-23-25(15-19)31-16-30-23/h7-11,13,15,17-18,22,24,26,28H,6,12,14,16H2,1-5H3/t18-,22-,24-,26+,33+/m1/s1. The molecule has 4 rings (SSSR count). The molecule has 7 heteroatoms. The largest absolute Gasteiger partial charge is 0.454 e. The fourth-order valence-electron chi connectivity index (χ4n) is 4.93. The van der Waals surface area contributed by atoms with Gasteiger partial charge in [0.1, 0.15) is 0 Å². The van der Waals surface area contributed by atoms with Gasteiger partial charge < -0.3 is 24.0 Å². The number of rotatable bonds is 7. The molecular weight excluding hydrogens is 437 g/mol. The van der Waals surface area contributed by atoms with Gasteiger partial charge in [-0.05, 0) is 72.6 Å². The van der Waals surface area contributed by atoms with E-state index in [0.717, 1.165) is 24.9 Å². The first-order valence-corrected chi connectivity index (χ1v) is 13.5. The summed E-state index contributed by atoms with van der Waals surface area (Å²) in [6, 6.07) is 12.7. The van der Waals surface area contributed by atoms with Gasteiger partial charge in [-0.1, -0.05) is 33.3 Å². The number of hydrogen-bond acceptors (Lipinski definition) is 6. The van der Waals surface area contributed by atoms with Crippen molar-refractivity contribution in [1.82, 2.24) is 0 Å². The van der Waals surface area contributed by atoms with Crippen LogP contribution in [0.1, 0.15) is 51.4 Å². The van der Waals surface area contributed by atoms with E-state index in [2.05, 4.69) is 20.8 Å². The summed E-state index contributed by atoms with van der Waals surface area (Å²) >= 11 is 0. The second kappa shape index (κ2) is 9.69. The molecule has 0 spiro atoms. The fourth-order valence-corrected chi connectivity index (χ4v) is 7.21. The van der Waals surface area contributed by atoms with Gasteiger partial charge in [0.25, 0.3) is 7.37 Å². The Hall–Kier alpha value is -2.01. The monoisotopic (exact) mass is 473 g/mol. The molecule has 33 heavy (non-hydrogen) atoms. The quantitative estimate of drug-likeness (QED) is 0.532. The molecule has 0 radical (unpaired) electrons. The Morgan fingerprint density at radius 2 is 1.76 bits per heavy atom. The average molecular weight is 474 g/mol. The molecule has 1 N–H and O–H groups in total. The zero-order valence-electron chi connectivity index (χ0n) is 20.2. The van der Waals surface area contributed by atoms with Crippen molar-refractivity contribution in [3.63, 3.8) is 0 Å². The van der Waals surface area contributed by atoms with Crippen LogP contribution in [0.2, 0.25) is 0 Å². The van der Waals surface area contributed by atoms with Crippen LogP contribution in [-0.2, 0) is 9.09 Å². The van der Waals surface area contributed by atoms with Gasteiger partial charge in [-0.25, -0.2) is 0 Å². The summed E-state index contributed by atoms with van der Waals surface area (Å²) < 4.78 is 32.1. The molecule has 2 aliphatic rings. The molecule has 2 aromatic carbocycles. The van der Waals surface area contributed by atoms with Gasteiger partial charge >= 0.3 is 0 Å². The number of aliphatic hydroxyl groups is 1. The van der Waals surface area contributed by atoms with E-state index < -0.39 is 13.2 Å². The third-order valence-electron chi connectivity index (χ3n) is 7.00. The third-order valence-corrected chi connectivity index (χ3v) is 9.54. The Morgan fingerprint density at radius 3 is 2.42 bits per heavy atom. The lowest BCUT2D eigenvalue weighted by atomic mass is 9.75. The minimum absolute atomic E-state index is 0.144. The van der Waals surface area contributed by atoms with Crippen molar-refractivity contribution in [1.29, 1.82) is 0 Å². The van der Waals surface area contributed by atoms with Crippen LogP contribution in [0.15, 0.2) is 42.5 Å². The van der Waals surface area contributed by atoms with Crippen LogP contribution in [0.4, 0.5) is 5.69 Å². The molecule has 5 atom stereocenters. The zero-order chi connectivity index (χ0) is 23.8. The van der Waals surface area contributed by atoms with Gasteiger partial charge in [0.05, 0.1) is 6.10 Å². The van der Waals surface area contributed by atoms with E-state index in [9.17, 15) is 9.67 Å². The Labute approximate surface area is 197 Å². The number of anilines is 1. The molecule has 180 valence electrons. The molecule has 6 nitrogen and oxygen atoms in total. The number of nitrogens with zero attached hydrogens (tertiary/aromatic N) is 1. The van der Waals surface area contributed by atoms with Crippen molar-refractivity contribution in [3.05, 3.63) is 48.0 Å². The topological polar surface area (TPSA) is 68.2 Å². The predicted molar refractivity (Wildman–Crippen MR) is 132 cm³/mol. The highest BCUT2D eigenvalue weighted by Gasteiger charge is 2.43. The number of fused-ring (bicyclic) bond motifs is 1. The maximum absolute atomic E-state index is 14.7. The van der Waals surface area contributed by atoms with Crippen molar-refractivity contribution in [2.75, 3.05) is 25.8 Å². The SMILES string of the molecule is CC(C)[C@H]1CC[C@@H](C)C[C@H]1O[P@@](=O)(c1ccc(N(C)C)cc1)[C@H](O)c1ccc2c(c1)OCO2. The van der Waals surface area contributed by atoms with Gasteiger partial charge in [0.15, 0.2) is 17.3 Å². The molecule has 0 amide bonds. The molecule has 1 heterocycles. The van der Waals surface area contributed by atoms with Gasteiger partial charge in [-0.2, -0.15) is 0 Å². The van der Waals surface area contributed by atoms with E-state index in [-0.39, 0.29) is 12.9 Å². The summed E-state index contributed by atoms with van der Waals surface area (Å²) in [5.74, 6) is 1.08. The average Bonchev–Trinajstić information content (AvgIpc) is 3.26. The van der Waals surface area contributed by atoms with E-state index in [4.69, 9.17) is 14.0 Å². The van der Waals surface area contributed by atoms with E-state index in [0.29, 0.717) is 40.1 Å². The Morgan fingerprint density at radius 1 is 1.06 bits per heavy atom. The highest BCUT2D eigenvalue weighted by Crippen LogP contribution is 2.61. The first kappa shape index (κ1) is 24.1. The lowest BCUT2D eigenvalue weighted by Crippen LogP contribution is -2.35. The second-order valence-corrected chi connectivity index (χ2v) is 12.4. The normalized spacial score (nSPS) is 25.0. The van der Waals surface area contributed by atoms with Crippen LogP contribution >= 0.6 is 7.37 Å². The van der Waals surface area contributed by atoms with E-state index in [1.807, 2.05) is 43.3 Å². The smallest absolute Gasteiger partial charge is 0.264 e. The molecule has 1 fully saturated rings. The molecule has 2 aromatic rings. The van der Waals surface area contributed by atoms with Gasteiger partial charge in [0.2, 0.25) is 6.79 Å². The number of benzene rings is 2. The van der Waals surface area contributed by atoms with Crippen molar-refractivity contribution in [2.24, 2.45) is 17.8 Å². The van der Waals surface area contributed by atoms with Crippen LogP contribution in [0.25, 0.3) is 0 Å². The maximum atomic E-state index is 14.7. The summed E-state index contributed by atoms with van der Waals surface area (Å²) in [5, 5.41) is 12.1. The van der Waals surface area contributed by atoms with Crippen molar-refractivity contribution in [3.8, 4) is 11.5 Å². The molecule has 0 saturated heterocycles. The third kappa shape index (κ3) is 4.94. The summed E-state index contributed by atoms with van der Waals surface area (Å²) in [6.07, 6.45) is 2.87. The van der Waals surface area contributed by atoms with Crippen molar-refractivity contribution in [2.45, 2.75) is 52.0 Å². The molecule has 1 aliphatic heterocycles. The highest BCUT2D eigenvalue weighted by molar-refractivity contribution is 7.67. The molecule has 0 bridgehead atoms. The molecule has 1 saturated carbocycles. The van der Waals surface area contributed by atoms with Crippen molar-refractivity contribution >= 4 is 18.4 Å².